The first-order valence-corrected chi connectivity index (χ1v) is 16.3. The van der Waals surface area contributed by atoms with Gasteiger partial charge >= 0.3 is 5.97 Å². The van der Waals surface area contributed by atoms with E-state index in [-0.39, 0.29) is 41.4 Å². The van der Waals surface area contributed by atoms with Crippen molar-refractivity contribution in [1.82, 2.24) is 4.31 Å². The molecule has 0 spiro atoms. The zero-order valence-electron chi connectivity index (χ0n) is 25.0. The second kappa shape index (κ2) is 14.0. The van der Waals surface area contributed by atoms with Crippen LogP contribution in [0.3, 0.4) is 0 Å². The van der Waals surface area contributed by atoms with E-state index in [0.29, 0.717) is 43.0 Å². The van der Waals surface area contributed by atoms with E-state index in [1.54, 1.807) is 31.2 Å². The first-order valence-electron chi connectivity index (χ1n) is 14.5. The van der Waals surface area contributed by atoms with E-state index >= 15 is 0 Å². The largest absolute Gasteiger partial charge is 0.466 e. The predicted octanol–water partition coefficient (Wildman–Crippen LogP) is 7.22. The van der Waals surface area contributed by atoms with E-state index in [1.165, 1.54) is 10.4 Å². The van der Waals surface area contributed by atoms with E-state index in [2.05, 4.69) is 5.32 Å². The Morgan fingerprint density at radius 3 is 2.21 bits per heavy atom. The van der Waals surface area contributed by atoms with Crippen molar-refractivity contribution in [3.8, 4) is 0 Å². The molecule has 1 N–H and O–H groups in total. The van der Waals surface area contributed by atoms with E-state index < -0.39 is 21.7 Å². The van der Waals surface area contributed by atoms with Crippen LogP contribution in [0.2, 0.25) is 5.02 Å². The molecule has 0 saturated heterocycles. The summed E-state index contributed by atoms with van der Waals surface area (Å²) in [5.41, 5.74) is 3.61. The van der Waals surface area contributed by atoms with Gasteiger partial charge in [-0.05, 0) is 106 Å². The van der Waals surface area contributed by atoms with Gasteiger partial charge < -0.3 is 10.1 Å². The van der Waals surface area contributed by atoms with E-state index in [4.69, 9.17) is 16.3 Å². The molecule has 1 aliphatic rings. The van der Waals surface area contributed by atoms with Crippen molar-refractivity contribution in [3.63, 3.8) is 0 Å². The summed E-state index contributed by atoms with van der Waals surface area (Å²) in [6.07, 6.45) is 2.58. The fraction of sp³-hybridized carbons (Fsp3) is 0.394. The Bertz CT molecular complexity index is 1560. The summed E-state index contributed by atoms with van der Waals surface area (Å²) in [5, 5.41) is 3.30. The number of esters is 1. The highest BCUT2D eigenvalue weighted by molar-refractivity contribution is 7.89. The maximum atomic E-state index is 15.0. The van der Waals surface area contributed by atoms with Crippen LogP contribution in [-0.2, 0) is 26.1 Å². The molecule has 0 bridgehead atoms. The molecule has 1 aliphatic carbocycles. The molecule has 0 heterocycles. The molecular formula is C33H38ClFN2O5S. The first kappa shape index (κ1) is 32.6. The number of benzene rings is 3. The zero-order chi connectivity index (χ0) is 31.3. The molecule has 3 aromatic carbocycles. The molecule has 1 amide bonds. The average molecular weight is 629 g/mol. The van der Waals surface area contributed by atoms with Crippen molar-refractivity contribution >= 4 is 39.2 Å². The Labute approximate surface area is 258 Å². The lowest BCUT2D eigenvalue weighted by Gasteiger charge is -2.31. The van der Waals surface area contributed by atoms with Crippen molar-refractivity contribution in [2.75, 3.05) is 18.5 Å². The summed E-state index contributed by atoms with van der Waals surface area (Å²) in [6.45, 7) is 8.02. The van der Waals surface area contributed by atoms with Gasteiger partial charge in [-0.15, -0.1) is 0 Å². The molecule has 10 heteroatoms. The van der Waals surface area contributed by atoms with Crippen molar-refractivity contribution in [1.29, 1.82) is 0 Å². The molecule has 1 fully saturated rings. The fourth-order valence-electron chi connectivity index (χ4n) is 5.72. The van der Waals surface area contributed by atoms with Gasteiger partial charge in [0, 0.05) is 23.8 Å². The minimum absolute atomic E-state index is 0.0171. The number of amides is 1. The molecule has 0 unspecified atom stereocenters. The number of carbonyl (C=O) groups is 2. The number of halogens is 2. The number of hydrogen-bond acceptors (Lipinski definition) is 5. The Kier molecular flexibility index (Phi) is 10.6. The average Bonchev–Trinajstić information content (AvgIpc) is 2.96. The van der Waals surface area contributed by atoms with Gasteiger partial charge in [0.2, 0.25) is 10.0 Å². The highest BCUT2D eigenvalue weighted by Crippen LogP contribution is 2.33. The smallest absolute Gasteiger partial charge is 0.308 e. The molecule has 1 saturated carbocycles. The monoisotopic (exact) mass is 628 g/mol. The van der Waals surface area contributed by atoms with Crippen LogP contribution in [0.25, 0.3) is 0 Å². The maximum Gasteiger partial charge on any atom is 0.308 e. The third kappa shape index (κ3) is 8.02. The number of nitrogens with zero attached hydrogens (tertiary/aromatic N) is 1. The molecule has 43 heavy (non-hydrogen) atoms. The first-order chi connectivity index (χ1) is 20.4. The Morgan fingerprint density at radius 1 is 0.977 bits per heavy atom. The van der Waals surface area contributed by atoms with E-state index in [9.17, 15) is 22.4 Å². The maximum absolute atomic E-state index is 15.0. The SMILES string of the molecule is CCOC(=O)C1CCC(CN(Cc2ccc(Cl)cc2)S(=O)(=O)c2ccc(F)c(C(=O)Nc3c(C)cc(C)cc3C)c2)CC1. The van der Waals surface area contributed by atoms with Crippen molar-refractivity contribution < 1.29 is 27.1 Å². The van der Waals surface area contributed by atoms with Gasteiger partial charge in [-0.3, -0.25) is 9.59 Å². The highest BCUT2D eigenvalue weighted by atomic mass is 35.5. The number of rotatable bonds is 10. The van der Waals surface area contributed by atoms with Crippen molar-refractivity contribution in [3.05, 3.63) is 93.3 Å². The third-order valence-corrected chi connectivity index (χ3v) is 10.00. The number of ether oxygens (including phenoxy) is 1. The normalized spacial score (nSPS) is 17.1. The Hall–Kier alpha value is -3.27. The minimum atomic E-state index is -4.15. The van der Waals surface area contributed by atoms with Crippen molar-refractivity contribution in [2.24, 2.45) is 11.8 Å². The number of hydrogen-bond donors (Lipinski definition) is 1. The molecule has 0 atom stereocenters. The predicted molar refractivity (Wildman–Crippen MR) is 166 cm³/mol. The molecule has 0 radical (unpaired) electrons. The van der Waals surface area contributed by atoms with Crippen LogP contribution in [0.4, 0.5) is 10.1 Å². The molecule has 0 aliphatic heterocycles. The van der Waals surface area contributed by atoms with Gasteiger partial charge in [0.25, 0.3) is 5.91 Å². The van der Waals surface area contributed by atoms with Gasteiger partial charge in [0.15, 0.2) is 0 Å². The zero-order valence-corrected chi connectivity index (χ0v) is 26.5. The number of anilines is 1. The standard InChI is InChI=1S/C33H38ClFN2O5S/c1-5-42-33(39)26-10-6-24(7-11-26)19-37(20-25-8-12-27(34)13-9-25)43(40,41)28-14-15-30(35)29(18-28)32(38)36-31-22(3)16-21(2)17-23(31)4/h8-9,12-18,24,26H,5-7,10-11,19-20H2,1-4H3,(H,36,38). The summed E-state index contributed by atoms with van der Waals surface area (Å²) in [6, 6.07) is 14.0. The second-order valence-corrected chi connectivity index (χ2v) is 13.6. The van der Waals surface area contributed by atoms with Gasteiger partial charge in [0.1, 0.15) is 5.82 Å². The van der Waals surface area contributed by atoms with Gasteiger partial charge in [0.05, 0.1) is 23.0 Å². The topological polar surface area (TPSA) is 92.8 Å². The van der Waals surface area contributed by atoms with Crippen LogP contribution in [-0.4, -0.2) is 37.8 Å². The van der Waals surface area contributed by atoms with Crippen LogP contribution < -0.4 is 5.32 Å². The fourth-order valence-corrected chi connectivity index (χ4v) is 7.37. The lowest BCUT2D eigenvalue weighted by Crippen LogP contribution is -2.37. The summed E-state index contributed by atoms with van der Waals surface area (Å²) < 4.78 is 49.7. The van der Waals surface area contributed by atoms with Crippen LogP contribution >= 0.6 is 11.6 Å². The quantitative estimate of drug-likeness (QED) is 0.239. The minimum Gasteiger partial charge on any atom is -0.466 e. The molecule has 4 rings (SSSR count). The van der Waals surface area contributed by atoms with Crippen LogP contribution in [0.1, 0.15) is 65.2 Å². The molecule has 3 aromatic rings. The molecule has 7 nitrogen and oxygen atoms in total. The van der Waals surface area contributed by atoms with Crippen molar-refractivity contribution in [2.45, 2.75) is 64.8 Å². The second-order valence-electron chi connectivity index (χ2n) is 11.3. The summed E-state index contributed by atoms with van der Waals surface area (Å²) in [4.78, 5) is 25.3. The van der Waals surface area contributed by atoms with Gasteiger partial charge in [-0.1, -0.05) is 41.4 Å². The number of aryl methyl sites for hydroxylation is 3. The van der Waals surface area contributed by atoms with Crippen LogP contribution in [0, 0.1) is 38.4 Å². The summed E-state index contributed by atoms with van der Waals surface area (Å²) in [7, 11) is -4.15. The Morgan fingerprint density at radius 2 is 1.60 bits per heavy atom. The van der Waals surface area contributed by atoms with Crippen LogP contribution in [0.15, 0.2) is 59.5 Å². The van der Waals surface area contributed by atoms with E-state index in [1.807, 2.05) is 32.9 Å². The van der Waals surface area contributed by atoms with Gasteiger partial charge in [-0.25, -0.2) is 12.8 Å². The number of sulfonamides is 1. The highest BCUT2D eigenvalue weighted by Gasteiger charge is 2.33. The molecule has 230 valence electrons. The van der Waals surface area contributed by atoms with Gasteiger partial charge in [-0.2, -0.15) is 4.31 Å². The summed E-state index contributed by atoms with van der Waals surface area (Å²) in [5.74, 6) is -1.92. The number of nitrogens with one attached hydrogen (secondary N) is 1. The van der Waals surface area contributed by atoms with Crippen LogP contribution in [0.5, 0.6) is 0 Å². The third-order valence-electron chi connectivity index (χ3n) is 7.94. The number of carbonyl (C=O) groups excluding carboxylic acids is 2. The molecule has 0 aromatic heterocycles. The molecular weight excluding hydrogens is 591 g/mol. The summed E-state index contributed by atoms with van der Waals surface area (Å²) >= 11 is 6.06. The van der Waals surface area contributed by atoms with E-state index in [0.717, 1.165) is 34.4 Å². The lowest BCUT2D eigenvalue weighted by molar-refractivity contribution is -0.149. The lowest BCUT2D eigenvalue weighted by atomic mass is 9.82. The Balaban J connectivity index is 1.61.